The van der Waals surface area contributed by atoms with Crippen molar-refractivity contribution in [3.63, 3.8) is 0 Å². The molecule has 1 atom stereocenters. The van der Waals surface area contributed by atoms with E-state index in [1.54, 1.807) is 0 Å². The molecule has 2 rings (SSSR count). The molecule has 0 amide bonds. The van der Waals surface area contributed by atoms with E-state index in [0.29, 0.717) is 19.6 Å². The van der Waals surface area contributed by atoms with Crippen LogP contribution in [0.25, 0.3) is 0 Å². The van der Waals surface area contributed by atoms with E-state index in [9.17, 15) is 0 Å². The van der Waals surface area contributed by atoms with Crippen molar-refractivity contribution in [1.82, 2.24) is 0 Å². The molecule has 1 aliphatic rings. The van der Waals surface area contributed by atoms with E-state index in [4.69, 9.17) is 22.1 Å². The lowest BCUT2D eigenvalue weighted by Crippen LogP contribution is -2.07. The molecular weight excluding hydrogens is 212 g/mol. The van der Waals surface area contributed by atoms with Gasteiger partial charge in [-0.25, -0.2) is 4.99 Å². The van der Waals surface area contributed by atoms with Crippen LogP contribution in [0.2, 0.25) is 5.02 Å². The first kappa shape index (κ1) is 10.5. The van der Waals surface area contributed by atoms with Crippen molar-refractivity contribution in [2.24, 2.45) is 10.7 Å². The molecule has 1 aromatic carbocycles. The predicted molar refractivity (Wildman–Crippen MR) is 61.3 cm³/mol. The Kier molecular flexibility index (Phi) is 3.23. The van der Waals surface area contributed by atoms with Gasteiger partial charge in [-0.2, -0.15) is 0 Å². The lowest BCUT2D eigenvalue weighted by molar-refractivity contribution is 0.312. The molecule has 0 bridgehead atoms. The summed E-state index contributed by atoms with van der Waals surface area (Å²) in [5.41, 5.74) is 6.53. The third kappa shape index (κ3) is 2.49. The third-order valence-corrected chi connectivity index (χ3v) is 2.53. The first-order valence-electron chi connectivity index (χ1n) is 4.94. The SMILES string of the molecule is NCCC1=NC(c2cccc(Cl)c2)CO1. The molecule has 3 nitrogen and oxygen atoms in total. The second kappa shape index (κ2) is 4.64. The van der Waals surface area contributed by atoms with Crippen LogP contribution in [0.5, 0.6) is 0 Å². The zero-order valence-corrected chi connectivity index (χ0v) is 9.07. The number of hydrogen-bond acceptors (Lipinski definition) is 3. The fourth-order valence-electron chi connectivity index (χ4n) is 1.57. The monoisotopic (exact) mass is 224 g/mol. The van der Waals surface area contributed by atoms with Crippen LogP contribution in [0.3, 0.4) is 0 Å². The van der Waals surface area contributed by atoms with E-state index < -0.39 is 0 Å². The number of rotatable bonds is 3. The summed E-state index contributed by atoms with van der Waals surface area (Å²) in [6.07, 6.45) is 0.705. The standard InChI is InChI=1S/C11H13ClN2O/c12-9-3-1-2-8(6-9)10-7-15-11(14-10)4-5-13/h1-3,6,10H,4-5,7,13H2. The zero-order valence-electron chi connectivity index (χ0n) is 8.32. The number of nitrogens with zero attached hydrogens (tertiary/aromatic N) is 1. The molecule has 0 saturated heterocycles. The van der Waals surface area contributed by atoms with Gasteiger partial charge in [0, 0.05) is 18.0 Å². The van der Waals surface area contributed by atoms with Gasteiger partial charge in [-0.3, -0.25) is 0 Å². The summed E-state index contributed by atoms with van der Waals surface area (Å²) in [5, 5.41) is 0.731. The quantitative estimate of drug-likeness (QED) is 0.856. The molecule has 1 heterocycles. The maximum atomic E-state index is 5.91. The highest BCUT2D eigenvalue weighted by molar-refractivity contribution is 6.30. The number of aliphatic imine (C=N–C) groups is 1. The molecule has 80 valence electrons. The van der Waals surface area contributed by atoms with Gasteiger partial charge < -0.3 is 10.5 Å². The van der Waals surface area contributed by atoms with Crippen LogP contribution in [0.4, 0.5) is 0 Å². The highest BCUT2D eigenvalue weighted by Gasteiger charge is 2.19. The van der Waals surface area contributed by atoms with Crippen LogP contribution in [0.1, 0.15) is 18.0 Å². The second-order valence-electron chi connectivity index (χ2n) is 3.44. The number of nitrogens with two attached hydrogens (primary N) is 1. The second-order valence-corrected chi connectivity index (χ2v) is 3.88. The Labute approximate surface area is 93.9 Å². The first-order valence-corrected chi connectivity index (χ1v) is 5.32. The van der Waals surface area contributed by atoms with Gasteiger partial charge in [-0.05, 0) is 17.7 Å². The molecule has 0 aromatic heterocycles. The minimum Gasteiger partial charge on any atom is -0.478 e. The molecule has 0 radical (unpaired) electrons. The summed E-state index contributed by atoms with van der Waals surface area (Å²) in [7, 11) is 0. The van der Waals surface area contributed by atoms with E-state index in [2.05, 4.69) is 4.99 Å². The predicted octanol–water partition coefficient (Wildman–Crippen LogP) is 2.16. The van der Waals surface area contributed by atoms with E-state index in [0.717, 1.165) is 16.5 Å². The van der Waals surface area contributed by atoms with Gasteiger partial charge in [0.25, 0.3) is 0 Å². The molecule has 15 heavy (non-hydrogen) atoms. The lowest BCUT2D eigenvalue weighted by Gasteiger charge is -2.04. The largest absolute Gasteiger partial charge is 0.478 e. The highest BCUT2D eigenvalue weighted by Crippen LogP contribution is 2.25. The molecular formula is C11H13ClN2O. The maximum Gasteiger partial charge on any atom is 0.185 e. The average molecular weight is 225 g/mol. The van der Waals surface area contributed by atoms with Crippen LogP contribution in [0, 0.1) is 0 Å². The molecule has 0 spiro atoms. The smallest absolute Gasteiger partial charge is 0.185 e. The van der Waals surface area contributed by atoms with Gasteiger partial charge in [0.2, 0.25) is 0 Å². The van der Waals surface area contributed by atoms with Crippen molar-refractivity contribution in [1.29, 1.82) is 0 Å². The van der Waals surface area contributed by atoms with Crippen LogP contribution in [-0.4, -0.2) is 19.0 Å². The van der Waals surface area contributed by atoms with E-state index >= 15 is 0 Å². The average Bonchev–Trinajstić information content (AvgIpc) is 2.67. The Hall–Kier alpha value is -1.06. The lowest BCUT2D eigenvalue weighted by atomic mass is 10.1. The molecule has 2 N–H and O–H groups in total. The van der Waals surface area contributed by atoms with Gasteiger partial charge in [-0.1, -0.05) is 23.7 Å². The summed E-state index contributed by atoms with van der Waals surface area (Å²) in [6, 6.07) is 7.78. The minimum absolute atomic E-state index is 0.0743. The number of hydrogen-bond donors (Lipinski definition) is 1. The van der Waals surface area contributed by atoms with Gasteiger partial charge in [0.15, 0.2) is 5.90 Å². The Bertz CT molecular complexity index is 379. The summed E-state index contributed by atoms with van der Waals surface area (Å²) < 4.78 is 5.43. The topological polar surface area (TPSA) is 47.6 Å². The Morgan fingerprint density at radius 1 is 1.53 bits per heavy atom. The Balaban J connectivity index is 2.13. The van der Waals surface area contributed by atoms with Crippen molar-refractivity contribution in [3.8, 4) is 0 Å². The first-order chi connectivity index (χ1) is 7.29. The summed E-state index contributed by atoms with van der Waals surface area (Å²) >= 11 is 5.91. The van der Waals surface area contributed by atoms with Crippen LogP contribution in [0.15, 0.2) is 29.3 Å². The molecule has 0 fully saturated rings. The summed E-state index contributed by atoms with van der Waals surface area (Å²) in [5.74, 6) is 0.752. The molecule has 1 aliphatic heterocycles. The van der Waals surface area contributed by atoms with Crippen LogP contribution < -0.4 is 5.73 Å². The van der Waals surface area contributed by atoms with Crippen LogP contribution in [-0.2, 0) is 4.74 Å². The van der Waals surface area contributed by atoms with Gasteiger partial charge in [0.1, 0.15) is 12.6 Å². The van der Waals surface area contributed by atoms with E-state index in [-0.39, 0.29) is 6.04 Å². The normalized spacial score (nSPS) is 19.9. The van der Waals surface area contributed by atoms with Crippen molar-refractivity contribution >= 4 is 17.5 Å². The van der Waals surface area contributed by atoms with Gasteiger partial charge >= 0.3 is 0 Å². The van der Waals surface area contributed by atoms with E-state index in [1.165, 1.54) is 0 Å². The minimum atomic E-state index is 0.0743. The fourth-order valence-corrected chi connectivity index (χ4v) is 1.77. The highest BCUT2D eigenvalue weighted by atomic mass is 35.5. The van der Waals surface area contributed by atoms with Crippen molar-refractivity contribution in [2.45, 2.75) is 12.5 Å². The third-order valence-electron chi connectivity index (χ3n) is 2.30. The Morgan fingerprint density at radius 3 is 3.13 bits per heavy atom. The van der Waals surface area contributed by atoms with Crippen molar-refractivity contribution < 1.29 is 4.74 Å². The summed E-state index contributed by atoms with van der Waals surface area (Å²) in [6.45, 7) is 1.16. The Morgan fingerprint density at radius 2 is 2.40 bits per heavy atom. The zero-order chi connectivity index (χ0) is 10.7. The number of halogens is 1. The molecule has 0 aliphatic carbocycles. The molecule has 0 saturated carbocycles. The number of ether oxygens (including phenoxy) is 1. The molecule has 1 aromatic rings. The van der Waals surface area contributed by atoms with Crippen LogP contribution >= 0.6 is 11.6 Å². The molecule has 4 heteroatoms. The van der Waals surface area contributed by atoms with E-state index in [1.807, 2.05) is 24.3 Å². The van der Waals surface area contributed by atoms with Crippen molar-refractivity contribution in [3.05, 3.63) is 34.9 Å². The molecule has 1 unspecified atom stereocenters. The fraction of sp³-hybridized carbons (Fsp3) is 0.364. The van der Waals surface area contributed by atoms with Crippen molar-refractivity contribution in [2.75, 3.05) is 13.2 Å². The van der Waals surface area contributed by atoms with Gasteiger partial charge in [0.05, 0.1) is 0 Å². The summed E-state index contributed by atoms with van der Waals surface area (Å²) in [4.78, 5) is 4.44. The number of benzene rings is 1. The maximum absolute atomic E-state index is 5.91. The van der Waals surface area contributed by atoms with Gasteiger partial charge in [-0.15, -0.1) is 0 Å².